The summed E-state index contributed by atoms with van der Waals surface area (Å²) in [4.78, 5) is 15.3. The zero-order valence-corrected chi connectivity index (χ0v) is 11.6. The molecule has 106 valence electrons. The van der Waals surface area contributed by atoms with Crippen LogP contribution in [0.2, 0.25) is 0 Å². The van der Waals surface area contributed by atoms with Gasteiger partial charge in [-0.05, 0) is 24.3 Å². The molecule has 6 heteroatoms. The molecule has 0 fully saturated rings. The highest BCUT2D eigenvalue weighted by molar-refractivity contribution is 7.18. The summed E-state index contributed by atoms with van der Waals surface area (Å²) in [6.45, 7) is 0.169. The predicted molar refractivity (Wildman–Crippen MR) is 77.3 cm³/mol. The van der Waals surface area contributed by atoms with Gasteiger partial charge in [0.25, 0.3) is 0 Å². The minimum absolute atomic E-state index is 0.144. The first-order valence-corrected chi connectivity index (χ1v) is 6.94. The summed E-state index contributed by atoms with van der Waals surface area (Å²) in [7, 11) is 0. The molecule has 1 N–H and O–H groups in total. The van der Waals surface area contributed by atoms with Gasteiger partial charge in [-0.3, -0.25) is 0 Å². The number of hydrogen-bond donors (Lipinski definition) is 1. The van der Waals surface area contributed by atoms with Gasteiger partial charge in [-0.1, -0.05) is 12.1 Å². The molecule has 2 aromatic carbocycles. The van der Waals surface area contributed by atoms with Crippen molar-refractivity contribution in [2.24, 2.45) is 0 Å². The molecule has 3 aromatic rings. The molecule has 21 heavy (non-hydrogen) atoms. The number of aromatic carboxylic acids is 1. The fourth-order valence-corrected chi connectivity index (χ4v) is 2.78. The van der Waals surface area contributed by atoms with Crippen molar-refractivity contribution in [2.45, 2.75) is 6.61 Å². The van der Waals surface area contributed by atoms with E-state index in [4.69, 9.17) is 9.84 Å². The Balaban J connectivity index is 1.79. The molecule has 1 heterocycles. The van der Waals surface area contributed by atoms with Crippen LogP contribution in [0.1, 0.15) is 15.4 Å². The molecule has 0 aliphatic carbocycles. The van der Waals surface area contributed by atoms with Crippen molar-refractivity contribution < 1.29 is 19.0 Å². The van der Waals surface area contributed by atoms with E-state index < -0.39 is 11.8 Å². The molecule has 0 spiro atoms. The molecular formula is C15H10FNO3S. The van der Waals surface area contributed by atoms with Gasteiger partial charge in [0, 0.05) is 6.07 Å². The van der Waals surface area contributed by atoms with Crippen LogP contribution in [-0.4, -0.2) is 16.1 Å². The lowest BCUT2D eigenvalue weighted by Crippen LogP contribution is -2.00. The third-order valence-corrected chi connectivity index (χ3v) is 3.83. The number of ether oxygens (including phenoxy) is 1. The van der Waals surface area contributed by atoms with Crippen LogP contribution in [0.5, 0.6) is 5.75 Å². The summed E-state index contributed by atoms with van der Waals surface area (Å²) in [6.07, 6.45) is 0. The summed E-state index contributed by atoms with van der Waals surface area (Å²) in [6, 6.07) is 11.1. The smallest absolute Gasteiger partial charge is 0.335 e. The van der Waals surface area contributed by atoms with E-state index in [0.29, 0.717) is 0 Å². The Morgan fingerprint density at radius 3 is 2.86 bits per heavy atom. The van der Waals surface area contributed by atoms with Crippen molar-refractivity contribution in [3.05, 3.63) is 58.9 Å². The normalized spacial score (nSPS) is 10.7. The minimum Gasteiger partial charge on any atom is -0.486 e. The Kier molecular flexibility index (Phi) is 3.53. The molecule has 0 amide bonds. The number of hydrogen-bond acceptors (Lipinski definition) is 4. The number of carboxylic acids is 1. The summed E-state index contributed by atoms with van der Waals surface area (Å²) in [5.74, 6) is -1.67. The van der Waals surface area contributed by atoms with Crippen LogP contribution in [0.25, 0.3) is 10.2 Å². The molecule has 0 saturated heterocycles. The first kappa shape index (κ1) is 13.5. The number of carbonyl (C=O) groups is 1. The quantitative estimate of drug-likeness (QED) is 0.798. The minimum atomic E-state index is -1.20. The maximum Gasteiger partial charge on any atom is 0.335 e. The number of thiazole rings is 1. The second-order valence-corrected chi connectivity index (χ2v) is 5.46. The first-order valence-electron chi connectivity index (χ1n) is 6.13. The van der Waals surface area contributed by atoms with Crippen molar-refractivity contribution in [3.8, 4) is 5.75 Å². The van der Waals surface area contributed by atoms with Gasteiger partial charge in [-0.25, -0.2) is 14.2 Å². The monoisotopic (exact) mass is 303 g/mol. The number of halogens is 1. The number of fused-ring (bicyclic) bond motifs is 1. The zero-order chi connectivity index (χ0) is 14.8. The lowest BCUT2D eigenvalue weighted by Gasteiger charge is -2.05. The Morgan fingerprint density at radius 2 is 2.10 bits per heavy atom. The van der Waals surface area contributed by atoms with E-state index in [1.54, 1.807) is 0 Å². The van der Waals surface area contributed by atoms with Crippen molar-refractivity contribution in [3.63, 3.8) is 0 Å². The molecular weight excluding hydrogens is 293 g/mol. The van der Waals surface area contributed by atoms with E-state index >= 15 is 0 Å². The van der Waals surface area contributed by atoms with Gasteiger partial charge in [0.2, 0.25) is 0 Å². The number of para-hydroxylation sites is 1. The van der Waals surface area contributed by atoms with Crippen LogP contribution in [0.3, 0.4) is 0 Å². The largest absolute Gasteiger partial charge is 0.486 e. The Labute approximate surface area is 123 Å². The number of benzene rings is 2. The van der Waals surface area contributed by atoms with E-state index in [1.165, 1.54) is 17.4 Å². The zero-order valence-electron chi connectivity index (χ0n) is 10.7. The molecule has 0 saturated carbocycles. The van der Waals surface area contributed by atoms with E-state index in [1.807, 2.05) is 24.3 Å². The third-order valence-electron chi connectivity index (χ3n) is 2.82. The predicted octanol–water partition coefficient (Wildman–Crippen LogP) is 3.71. The highest BCUT2D eigenvalue weighted by Crippen LogP contribution is 2.23. The highest BCUT2D eigenvalue weighted by Gasteiger charge is 2.09. The van der Waals surface area contributed by atoms with E-state index in [2.05, 4.69) is 4.98 Å². The SMILES string of the molecule is O=C(O)c1cc(F)cc(OCc2nc3ccccc3s2)c1. The molecule has 3 rings (SSSR count). The van der Waals surface area contributed by atoms with Crippen LogP contribution < -0.4 is 4.74 Å². The van der Waals surface area contributed by atoms with Crippen LogP contribution in [-0.2, 0) is 6.61 Å². The molecule has 0 unspecified atom stereocenters. The third kappa shape index (κ3) is 3.00. The number of rotatable bonds is 4. The van der Waals surface area contributed by atoms with Gasteiger partial charge in [-0.2, -0.15) is 0 Å². The van der Waals surface area contributed by atoms with Crippen LogP contribution in [0.15, 0.2) is 42.5 Å². The standard InChI is InChI=1S/C15H10FNO3S/c16-10-5-9(15(18)19)6-11(7-10)20-8-14-17-12-3-1-2-4-13(12)21-14/h1-7H,8H2,(H,18,19). The topological polar surface area (TPSA) is 59.4 Å². The number of nitrogens with zero attached hydrogens (tertiary/aromatic N) is 1. The molecule has 4 nitrogen and oxygen atoms in total. The van der Waals surface area contributed by atoms with Gasteiger partial charge in [0.15, 0.2) is 0 Å². The van der Waals surface area contributed by atoms with Crippen LogP contribution >= 0.6 is 11.3 Å². The Bertz CT molecular complexity index is 783. The molecule has 0 aliphatic heterocycles. The number of aromatic nitrogens is 1. The first-order chi connectivity index (χ1) is 10.1. The van der Waals surface area contributed by atoms with Crippen molar-refractivity contribution in [2.75, 3.05) is 0 Å². The van der Waals surface area contributed by atoms with Crippen LogP contribution in [0.4, 0.5) is 4.39 Å². The van der Waals surface area contributed by atoms with Crippen molar-refractivity contribution in [1.82, 2.24) is 4.98 Å². The summed E-state index contributed by atoms with van der Waals surface area (Å²) in [5, 5.41) is 9.63. The average Bonchev–Trinajstić information content (AvgIpc) is 2.87. The second-order valence-electron chi connectivity index (χ2n) is 4.34. The fraction of sp³-hybridized carbons (Fsp3) is 0.0667. The van der Waals surface area contributed by atoms with Gasteiger partial charge >= 0.3 is 5.97 Å². The van der Waals surface area contributed by atoms with Crippen LogP contribution in [0, 0.1) is 5.82 Å². The number of carboxylic acid groups (broad SMARTS) is 1. The van der Waals surface area contributed by atoms with E-state index in [9.17, 15) is 9.18 Å². The molecule has 0 bridgehead atoms. The summed E-state index contributed by atoms with van der Waals surface area (Å²) >= 11 is 1.49. The maximum absolute atomic E-state index is 13.3. The molecule has 0 atom stereocenters. The molecule has 1 aromatic heterocycles. The molecule has 0 aliphatic rings. The van der Waals surface area contributed by atoms with Gasteiger partial charge in [0.1, 0.15) is 23.2 Å². The second kappa shape index (κ2) is 5.49. The van der Waals surface area contributed by atoms with Crippen molar-refractivity contribution in [1.29, 1.82) is 0 Å². The van der Waals surface area contributed by atoms with Gasteiger partial charge in [-0.15, -0.1) is 11.3 Å². The Morgan fingerprint density at radius 1 is 1.29 bits per heavy atom. The fourth-order valence-electron chi connectivity index (χ4n) is 1.90. The Hall–Kier alpha value is -2.47. The molecule has 0 radical (unpaired) electrons. The van der Waals surface area contributed by atoms with E-state index in [-0.39, 0.29) is 17.9 Å². The lowest BCUT2D eigenvalue weighted by molar-refractivity contribution is 0.0695. The maximum atomic E-state index is 13.3. The van der Waals surface area contributed by atoms with E-state index in [0.717, 1.165) is 27.4 Å². The average molecular weight is 303 g/mol. The highest BCUT2D eigenvalue weighted by atomic mass is 32.1. The summed E-state index contributed by atoms with van der Waals surface area (Å²) < 4.78 is 19.8. The van der Waals surface area contributed by atoms with Gasteiger partial charge < -0.3 is 9.84 Å². The van der Waals surface area contributed by atoms with Gasteiger partial charge in [0.05, 0.1) is 15.8 Å². The summed E-state index contributed by atoms with van der Waals surface area (Å²) in [5.41, 5.74) is 0.737. The lowest BCUT2D eigenvalue weighted by atomic mass is 10.2. The van der Waals surface area contributed by atoms with Crippen molar-refractivity contribution >= 4 is 27.5 Å².